The maximum Gasteiger partial charge on any atom is 0.245 e. The van der Waals surface area contributed by atoms with Crippen LogP contribution in [0.3, 0.4) is 0 Å². The van der Waals surface area contributed by atoms with Gasteiger partial charge in [0, 0.05) is 19.3 Å². The van der Waals surface area contributed by atoms with Crippen molar-refractivity contribution in [1.29, 1.82) is 5.26 Å². The molecule has 2 rings (SSSR count). The SMILES string of the molecule is CC1C(=O)NCCN1S(=O)(=O)c1ccc(C#N)nc1. The summed E-state index contributed by atoms with van der Waals surface area (Å²) in [4.78, 5) is 15.2. The van der Waals surface area contributed by atoms with Crippen LogP contribution < -0.4 is 5.32 Å². The molecule has 0 aliphatic carbocycles. The molecular formula is C11H12N4O3S. The van der Waals surface area contributed by atoms with E-state index in [1.165, 1.54) is 19.1 Å². The molecular weight excluding hydrogens is 268 g/mol. The number of sulfonamides is 1. The van der Waals surface area contributed by atoms with Gasteiger partial charge in [0.2, 0.25) is 15.9 Å². The Morgan fingerprint density at radius 3 is 2.84 bits per heavy atom. The lowest BCUT2D eigenvalue weighted by Crippen LogP contribution is -2.55. The van der Waals surface area contributed by atoms with Crippen molar-refractivity contribution >= 4 is 15.9 Å². The highest BCUT2D eigenvalue weighted by atomic mass is 32.2. The van der Waals surface area contributed by atoms with E-state index in [1.54, 1.807) is 0 Å². The van der Waals surface area contributed by atoms with Crippen LogP contribution >= 0.6 is 0 Å². The number of carbonyl (C=O) groups excluding carboxylic acids is 1. The minimum Gasteiger partial charge on any atom is -0.353 e. The zero-order chi connectivity index (χ0) is 14.0. The van der Waals surface area contributed by atoms with E-state index in [2.05, 4.69) is 10.3 Å². The van der Waals surface area contributed by atoms with Crippen molar-refractivity contribution in [2.45, 2.75) is 17.9 Å². The van der Waals surface area contributed by atoms with Crippen LogP contribution in [0.1, 0.15) is 12.6 Å². The van der Waals surface area contributed by atoms with Gasteiger partial charge in [-0.15, -0.1) is 0 Å². The fourth-order valence-electron chi connectivity index (χ4n) is 1.82. The van der Waals surface area contributed by atoms with E-state index in [1.807, 2.05) is 6.07 Å². The number of nitriles is 1. The van der Waals surface area contributed by atoms with E-state index in [0.29, 0.717) is 0 Å². The summed E-state index contributed by atoms with van der Waals surface area (Å²) in [5.41, 5.74) is 0.142. The van der Waals surface area contributed by atoms with E-state index in [0.717, 1.165) is 10.5 Å². The third-order valence-corrected chi connectivity index (χ3v) is 4.85. The molecule has 1 saturated heterocycles. The number of carbonyl (C=O) groups is 1. The van der Waals surface area contributed by atoms with Gasteiger partial charge in [0.1, 0.15) is 22.7 Å². The van der Waals surface area contributed by atoms with E-state index in [4.69, 9.17) is 5.26 Å². The predicted molar refractivity (Wildman–Crippen MR) is 65.3 cm³/mol. The van der Waals surface area contributed by atoms with Gasteiger partial charge in [-0.25, -0.2) is 13.4 Å². The fraction of sp³-hybridized carbons (Fsp3) is 0.364. The lowest BCUT2D eigenvalue weighted by atomic mass is 10.2. The first-order chi connectivity index (χ1) is 8.96. The molecule has 1 aliphatic heterocycles. The summed E-state index contributed by atoms with van der Waals surface area (Å²) < 4.78 is 25.9. The summed E-state index contributed by atoms with van der Waals surface area (Å²) in [6, 6.07) is 3.72. The summed E-state index contributed by atoms with van der Waals surface area (Å²) in [7, 11) is -3.77. The van der Waals surface area contributed by atoms with Gasteiger partial charge in [-0.05, 0) is 19.1 Å². The smallest absolute Gasteiger partial charge is 0.245 e. The summed E-state index contributed by atoms with van der Waals surface area (Å²) in [5.74, 6) is -0.323. The number of nitrogens with zero attached hydrogens (tertiary/aromatic N) is 3. The molecule has 2 heterocycles. The molecule has 1 aromatic rings. The van der Waals surface area contributed by atoms with Gasteiger partial charge in [0.05, 0.1) is 0 Å². The zero-order valence-electron chi connectivity index (χ0n) is 10.2. The van der Waals surface area contributed by atoms with Gasteiger partial charge in [0.15, 0.2) is 0 Å². The Labute approximate surface area is 110 Å². The highest BCUT2D eigenvalue weighted by Crippen LogP contribution is 2.19. The summed E-state index contributed by atoms with van der Waals surface area (Å²) in [6.07, 6.45) is 1.13. The number of rotatable bonds is 2. The van der Waals surface area contributed by atoms with Crippen LogP contribution in [0.5, 0.6) is 0 Å². The number of piperazine rings is 1. The van der Waals surface area contributed by atoms with Crippen LogP contribution in [0.2, 0.25) is 0 Å². The zero-order valence-corrected chi connectivity index (χ0v) is 11.0. The molecule has 0 spiro atoms. The van der Waals surface area contributed by atoms with Crippen molar-refractivity contribution in [3.8, 4) is 6.07 Å². The maximum atomic E-state index is 12.4. The Morgan fingerprint density at radius 1 is 1.53 bits per heavy atom. The average Bonchev–Trinajstić information content (AvgIpc) is 2.41. The first-order valence-electron chi connectivity index (χ1n) is 5.62. The Hall–Kier alpha value is -1.98. The monoisotopic (exact) mass is 280 g/mol. The van der Waals surface area contributed by atoms with Crippen molar-refractivity contribution in [3.05, 3.63) is 24.0 Å². The molecule has 19 heavy (non-hydrogen) atoms. The van der Waals surface area contributed by atoms with Crippen LogP contribution in [0.15, 0.2) is 23.2 Å². The minimum atomic E-state index is -3.77. The molecule has 1 aromatic heterocycles. The van der Waals surface area contributed by atoms with E-state index < -0.39 is 16.1 Å². The second kappa shape index (κ2) is 4.95. The second-order valence-electron chi connectivity index (χ2n) is 4.07. The van der Waals surface area contributed by atoms with E-state index >= 15 is 0 Å². The number of hydrogen-bond donors (Lipinski definition) is 1. The maximum absolute atomic E-state index is 12.4. The molecule has 1 fully saturated rings. The Morgan fingerprint density at radius 2 is 2.26 bits per heavy atom. The van der Waals surface area contributed by atoms with Crippen molar-refractivity contribution in [2.75, 3.05) is 13.1 Å². The lowest BCUT2D eigenvalue weighted by Gasteiger charge is -2.31. The third-order valence-electron chi connectivity index (χ3n) is 2.90. The molecule has 0 aromatic carbocycles. The number of pyridine rings is 1. The molecule has 1 N–H and O–H groups in total. The van der Waals surface area contributed by atoms with E-state index in [9.17, 15) is 13.2 Å². The van der Waals surface area contributed by atoms with E-state index in [-0.39, 0.29) is 29.6 Å². The topological polar surface area (TPSA) is 103 Å². The molecule has 1 atom stereocenters. The first kappa shape index (κ1) is 13.5. The Kier molecular flexibility index (Phi) is 3.50. The molecule has 1 unspecified atom stereocenters. The van der Waals surface area contributed by atoms with Crippen molar-refractivity contribution in [3.63, 3.8) is 0 Å². The first-order valence-corrected chi connectivity index (χ1v) is 7.06. The van der Waals surface area contributed by atoms with Crippen LogP contribution in [-0.2, 0) is 14.8 Å². The highest BCUT2D eigenvalue weighted by molar-refractivity contribution is 7.89. The van der Waals surface area contributed by atoms with Gasteiger partial charge in [-0.1, -0.05) is 0 Å². The van der Waals surface area contributed by atoms with Crippen LogP contribution in [0.4, 0.5) is 0 Å². The molecule has 0 bridgehead atoms. The predicted octanol–water partition coefficient (Wildman–Crippen LogP) is -0.538. The van der Waals surface area contributed by atoms with Crippen molar-refractivity contribution < 1.29 is 13.2 Å². The normalized spacial score (nSPS) is 20.6. The van der Waals surface area contributed by atoms with Crippen LogP contribution in [0.25, 0.3) is 0 Å². The van der Waals surface area contributed by atoms with Crippen LogP contribution in [0, 0.1) is 11.3 Å². The Balaban J connectivity index is 2.36. The summed E-state index contributed by atoms with van der Waals surface area (Å²) in [6.45, 7) is 2.03. The summed E-state index contributed by atoms with van der Waals surface area (Å²) in [5, 5.41) is 11.2. The van der Waals surface area contributed by atoms with Gasteiger partial charge in [0.25, 0.3) is 0 Å². The molecule has 7 nitrogen and oxygen atoms in total. The van der Waals surface area contributed by atoms with Gasteiger partial charge >= 0.3 is 0 Å². The fourth-order valence-corrected chi connectivity index (χ4v) is 3.36. The number of hydrogen-bond acceptors (Lipinski definition) is 5. The lowest BCUT2D eigenvalue weighted by molar-refractivity contribution is -0.126. The van der Waals surface area contributed by atoms with Gasteiger partial charge in [-0.2, -0.15) is 9.57 Å². The highest BCUT2D eigenvalue weighted by Gasteiger charge is 2.35. The number of nitrogens with one attached hydrogen (secondary N) is 1. The molecule has 0 radical (unpaired) electrons. The van der Waals surface area contributed by atoms with Gasteiger partial charge < -0.3 is 5.32 Å². The molecule has 100 valence electrons. The largest absolute Gasteiger partial charge is 0.353 e. The Bertz CT molecular complexity index is 633. The van der Waals surface area contributed by atoms with Gasteiger partial charge in [-0.3, -0.25) is 4.79 Å². The van der Waals surface area contributed by atoms with Crippen LogP contribution in [-0.4, -0.2) is 42.7 Å². The summed E-state index contributed by atoms with van der Waals surface area (Å²) >= 11 is 0. The quantitative estimate of drug-likeness (QED) is 0.783. The standard InChI is InChI=1S/C11H12N4O3S/c1-8-11(16)13-4-5-15(8)19(17,18)10-3-2-9(6-12)14-7-10/h2-3,7-8H,4-5H2,1H3,(H,13,16). The second-order valence-corrected chi connectivity index (χ2v) is 5.96. The molecule has 1 aliphatic rings. The third kappa shape index (κ3) is 2.43. The molecule has 8 heteroatoms. The minimum absolute atomic E-state index is 0.0203. The number of amides is 1. The average molecular weight is 280 g/mol. The van der Waals surface area contributed by atoms with Crippen molar-refractivity contribution in [2.24, 2.45) is 0 Å². The molecule has 0 saturated carbocycles. The molecule has 1 amide bonds. The van der Waals surface area contributed by atoms with Crippen molar-refractivity contribution in [1.82, 2.24) is 14.6 Å². The number of aromatic nitrogens is 1.